The number of nitrogens with one attached hydrogen (secondary N) is 1. The molecule has 0 unspecified atom stereocenters. The van der Waals surface area contributed by atoms with Crippen LogP contribution in [0.3, 0.4) is 0 Å². The fourth-order valence-electron chi connectivity index (χ4n) is 3.76. The van der Waals surface area contributed by atoms with Gasteiger partial charge in [0.2, 0.25) is 0 Å². The number of aromatic nitrogens is 2. The molecule has 3 N–H and O–H groups in total. The zero-order valence-corrected chi connectivity index (χ0v) is 21.3. The van der Waals surface area contributed by atoms with E-state index in [0.29, 0.717) is 24.7 Å². The molecule has 2 aromatic rings. The van der Waals surface area contributed by atoms with Crippen LogP contribution in [0.4, 0.5) is 17.3 Å². The third-order valence-electron chi connectivity index (χ3n) is 5.55. The van der Waals surface area contributed by atoms with E-state index in [0.717, 1.165) is 56.2 Å². The lowest BCUT2D eigenvalue weighted by Gasteiger charge is -2.33. The zero-order chi connectivity index (χ0) is 25.0. The number of hydrogen-bond donors (Lipinski definition) is 2. The number of oxime groups is 1. The summed E-state index contributed by atoms with van der Waals surface area (Å²) in [5.41, 5.74) is 7.81. The van der Waals surface area contributed by atoms with Crippen LogP contribution in [0.1, 0.15) is 38.7 Å². The first kappa shape index (κ1) is 26.5. The van der Waals surface area contributed by atoms with Gasteiger partial charge in [-0.1, -0.05) is 5.16 Å². The van der Waals surface area contributed by atoms with Gasteiger partial charge in [-0.3, -0.25) is 0 Å². The molecule has 3 rings (SSSR count). The predicted octanol–water partition coefficient (Wildman–Crippen LogP) is 3.20. The molecule has 1 saturated heterocycles. The maximum absolute atomic E-state index is 6.12. The molecule has 0 aliphatic carbocycles. The van der Waals surface area contributed by atoms with E-state index in [1.807, 2.05) is 52.2 Å². The van der Waals surface area contributed by atoms with Crippen LogP contribution in [-0.4, -0.2) is 80.4 Å². The summed E-state index contributed by atoms with van der Waals surface area (Å²) in [5.74, 6) is 2.03. The van der Waals surface area contributed by atoms with E-state index in [1.165, 1.54) is 6.33 Å². The van der Waals surface area contributed by atoms with E-state index in [9.17, 15) is 0 Å². The van der Waals surface area contributed by atoms with Crippen molar-refractivity contribution in [1.29, 1.82) is 0 Å². The molecule has 0 radical (unpaired) electrons. The van der Waals surface area contributed by atoms with E-state index >= 15 is 0 Å². The third kappa shape index (κ3) is 8.88. The minimum Gasteiger partial charge on any atom is -0.491 e. The number of hydrogen-bond acceptors (Lipinski definition) is 10. The molecule has 192 valence electrons. The van der Waals surface area contributed by atoms with Gasteiger partial charge in [-0.05, 0) is 71.5 Å². The van der Waals surface area contributed by atoms with E-state index in [2.05, 4.69) is 30.2 Å². The summed E-state index contributed by atoms with van der Waals surface area (Å²) in [4.78, 5) is 18.3. The topological polar surface area (TPSA) is 110 Å². The van der Waals surface area contributed by atoms with Crippen LogP contribution in [0, 0.1) is 0 Å². The van der Waals surface area contributed by atoms with Crippen molar-refractivity contribution in [3.8, 4) is 5.75 Å². The molecule has 0 saturated carbocycles. The largest absolute Gasteiger partial charge is 0.491 e. The Morgan fingerprint density at radius 2 is 1.94 bits per heavy atom. The molecule has 1 fully saturated rings. The van der Waals surface area contributed by atoms with Crippen LogP contribution < -0.4 is 20.7 Å². The fraction of sp³-hybridized carbons (Fsp3) is 0.560. The number of ether oxygens (including phenoxy) is 2. The highest BCUT2D eigenvalue weighted by Crippen LogP contribution is 2.24. The van der Waals surface area contributed by atoms with Crippen molar-refractivity contribution < 1.29 is 14.3 Å². The summed E-state index contributed by atoms with van der Waals surface area (Å²) in [6.45, 7) is 7.61. The Morgan fingerprint density at radius 3 is 2.63 bits per heavy atom. The minimum atomic E-state index is 0.163. The molecule has 10 nitrogen and oxygen atoms in total. The lowest BCUT2D eigenvalue weighted by atomic mass is 10.1. The first-order valence-electron chi connectivity index (χ1n) is 12.2. The standard InChI is InChI=1S/C25H39N7O3/c1-19(2)35-22-8-6-20(7-9-22)29-18-33-21-10-13-32(14-11-21)25-23(24(26)27-17-28-25)16-30-34-15-5-12-31(3)4/h6-9,16-17,19,21,29H,5,10-15,18H2,1-4H3,(H2,26,27,28)/b30-16+. The summed E-state index contributed by atoms with van der Waals surface area (Å²) in [7, 11) is 4.06. The van der Waals surface area contributed by atoms with Gasteiger partial charge in [0.15, 0.2) is 0 Å². The Labute approximate surface area is 208 Å². The Morgan fingerprint density at radius 1 is 1.20 bits per heavy atom. The Kier molecular flexibility index (Phi) is 10.4. The van der Waals surface area contributed by atoms with E-state index < -0.39 is 0 Å². The van der Waals surface area contributed by atoms with Gasteiger partial charge in [0.25, 0.3) is 0 Å². The molecule has 0 amide bonds. The summed E-state index contributed by atoms with van der Waals surface area (Å²) >= 11 is 0. The number of anilines is 3. The van der Waals surface area contributed by atoms with E-state index in [-0.39, 0.29) is 12.2 Å². The molecule has 10 heteroatoms. The molecule has 0 atom stereocenters. The summed E-state index contributed by atoms with van der Waals surface area (Å²) in [6, 6.07) is 7.92. The summed E-state index contributed by atoms with van der Waals surface area (Å²) < 4.78 is 11.7. The number of benzene rings is 1. The monoisotopic (exact) mass is 485 g/mol. The predicted molar refractivity (Wildman–Crippen MR) is 140 cm³/mol. The van der Waals surface area contributed by atoms with Crippen molar-refractivity contribution in [2.24, 2.45) is 5.16 Å². The van der Waals surface area contributed by atoms with Gasteiger partial charge >= 0.3 is 0 Å². The number of nitrogens with zero attached hydrogens (tertiary/aromatic N) is 5. The van der Waals surface area contributed by atoms with Gasteiger partial charge < -0.3 is 35.2 Å². The molecule has 1 aromatic carbocycles. The molecule has 0 spiro atoms. The molecule has 35 heavy (non-hydrogen) atoms. The lowest BCUT2D eigenvalue weighted by molar-refractivity contribution is 0.0491. The number of nitrogen functional groups attached to an aromatic ring is 1. The molecular weight excluding hydrogens is 446 g/mol. The van der Waals surface area contributed by atoms with Crippen LogP contribution in [-0.2, 0) is 9.57 Å². The Balaban J connectivity index is 1.44. The molecule has 1 aliphatic heterocycles. The number of piperidine rings is 1. The van der Waals surface area contributed by atoms with Crippen molar-refractivity contribution in [1.82, 2.24) is 14.9 Å². The van der Waals surface area contributed by atoms with E-state index in [4.69, 9.17) is 20.0 Å². The lowest BCUT2D eigenvalue weighted by Crippen LogP contribution is -2.38. The van der Waals surface area contributed by atoms with Crippen LogP contribution in [0.2, 0.25) is 0 Å². The highest BCUT2D eigenvalue weighted by atomic mass is 16.6. The normalized spacial score (nSPS) is 14.7. The Bertz CT molecular complexity index is 914. The average Bonchev–Trinajstić information content (AvgIpc) is 2.83. The van der Waals surface area contributed by atoms with Gasteiger partial charge in [0.1, 0.15) is 37.1 Å². The van der Waals surface area contributed by atoms with Crippen LogP contribution >= 0.6 is 0 Å². The van der Waals surface area contributed by atoms with Gasteiger partial charge in [0, 0.05) is 25.3 Å². The van der Waals surface area contributed by atoms with Crippen molar-refractivity contribution >= 4 is 23.5 Å². The molecular formula is C25H39N7O3. The van der Waals surface area contributed by atoms with Crippen molar-refractivity contribution in [3.63, 3.8) is 0 Å². The minimum absolute atomic E-state index is 0.163. The summed E-state index contributed by atoms with van der Waals surface area (Å²) in [5, 5.41) is 7.40. The van der Waals surface area contributed by atoms with Gasteiger partial charge in [-0.2, -0.15) is 0 Å². The first-order valence-corrected chi connectivity index (χ1v) is 12.2. The van der Waals surface area contributed by atoms with E-state index in [1.54, 1.807) is 6.21 Å². The second-order valence-electron chi connectivity index (χ2n) is 9.09. The quantitative estimate of drug-likeness (QED) is 0.191. The van der Waals surface area contributed by atoms with Crippen LogP contribution in [0.25, 0.3) is 0 Å². The van der Waals surface area contributed by atoms with Crippen molar-refractivity contribution in [2.45, 2.75) is 45.3 Å². The molecule has 1 aliphatic rings. The van der Waals surface area contributed by atoms with Gasteiger partial charge in [0.05, 0.1) is 24.0 Å². The maximum Gasteiger partial charge on any atom is 0.143 e. The Hall–Kier alpha value is -3.11. The summed E-state index contributed by atoms with van der Waals surface area (Å²) in [6.07, 6.45) is 6.14. The van der Waals surface area contributed by atoms with Crippen LogP contribution in [0.15, 0.2) is 35.7 Å². The SMILES string of the molecule is CC(C)Oc1ccc(NCOC2CCN(c3ncnc(N)c3/C=N/OCCCN(C)C)CC2)cc1. The highest BCUT2D eigenvalue weighted by Gasteiger charge is 2.23. The molecule has 0 bridgehead atoms. The fourth-order valence-corrected chi connectivity index (χ4v) is 3.76. The van der Waals surface area contributed by atoms with Crippen LogP contribution in [0.5, 0.6) is 5.75 Å². The molecule has 2 heterocycles. The van der Waals surface area contributed by atoms with Crippen molar-refractivity contribution in [3.05, 3.63) is 36.2 Å². The van der Waals surface area contributed by atoms with Gasteiger partial charge in [-0.25, -0.2) is 9.97 Å². The maximum atomic E-state index is 6.12. The average molecular weight is 486 g/mol. The van der Waals surface area contributed by atoms with Gasteiger partial charge in [-0.15, -0.1) is 0 Å². The number of nitrogens with two attached hydrogens (primary N) is 1. The van der Waals surface area contributed by atoms with Crippen molar-refractivity contribution in [2.75, 3.05) is 63.0 Å². The second-order valence-corrected chi connectivity index (χ2v) is 9.09. The number of rotatable bonds is 13. The third-order valence-corrected chi connectivity index (χ3v) is 5.55. The first-order chi connectivity index (χ1) is 16.9. The highest BCUT2D eigenvalue weighted by molar-refractivity contribution is 5.91. The smallest absolute Gasteiger partial charge is 0.143 e. The zero-order valence-electron chi connectivity index (χ0n) is 21.3. The second kappa shape index (κ2) is 13.7. The molecule has 1 aromatic heterocycles.